The Labute approximate surface area is 197 Å². The Hall–Kier alpha value is -1.27. The van der Waals surface area contributed by atoms with E-state index in [9.17, 15) is 0 Å². The zero-order valence-corrected chi connectivity index (χ0v) is 21.3. The van der Waals surface area contributed by atoms with E-state index in [0.717, 1.165) is 23.3 Å². The van der Waals surface area contributed by atoms with Crippen molar-refractivity contribution in [3.05, 3.63) is 54.7 Å². The lowest BCUT2D eigenvalue weighted by Crippen LogP contribution is -3.61. The van der Waals surface area contributed by atoms with Crippen LogP contribution in [0.15, 0.2) is 36.4 Å². The molecule has 166 valence electrons. The molecule has 0 spiro atoms. The molecule has 3 aliphatic carbocycles. The molecule has 3 nitrogen and oxygen atoms in total. The fourth-order valence-electron chi connectivity index (χ4n) is 6.89. The number of rotatable bonds is 5. The summed E-state index contributed by atoms with van der Waals surface area (Å²) in [6, 6.07) is 13.5. The van der Waals surface area contributed by atoms with Crippen molar-refractivity contribution in [2.75, 3.05) is 21.3 Å². The highest BCUT2D eigenvalue weighted by molar-refractivity contribution is 5.40. The van der Waals surface area contributed by atoms with Crippen LogP contribution in [0.3, 0.4) is 0 Å². The second kappa shape index (κ2) is 8.58. The Balaban J connectivity index is 1.46. The number of methoxy groups -OCH3 is 3. The molecule has 0 unspecified atom stereocenters. The molecular weight excluding hydrogens is 499 g/mol. The van der Waals surface area contributed by atoms with Crippen LogP contribution in [0.1, 0.15) is 56.1 Å². The van der Waals surface area contributed by atoms with Gasteiger partial charge in [0.1, 0.15) is 5.75 Å². The molecule has 5 rings (SSSR count). The molecule has 5 atom stereocenters. The zero-order valence-electron chi connectivity index (χ0n) is 19.1. The minimum absolute atomic E-state index is 0.293. The fraction of sp³-hybridized carbons (Fsp3) is 0.556. The number of hydrogen-bond acceptors (Lipinski definition) is 3. The Bertz CT molecular complexity index is 940. The summed E-state index contributed by atoms with van der Waals surface area (Å²) >= 11 is -0.293. The third kappa shape index (κ3) is 3.68. The molecule has 0 aliphatic heterocycles. The van der Waals surface area contributed by atoms with Crippen LogP contribution >= 0.6 is 0 Å². The molecule has 2 saturated carbocycles. The monoisotopic (exact) mass is 533 g/mol. The summed E-state index contributed by atoms with van der Waals surface area (Å²) in [5.74, 6) is 4.34. The van der Waals surface area contributed by atoms with Crippen molar-refractivity contribution >= 4 is 0 Å². The minimum atomic E-state index is -0.293. The molecular formula is C27H34IO3+. The number of ether oxygens (including phenoxy) is 3. The van der Waals surface area contributed by atoms with Crippen molar-refractivity contribution in [2.24, 2.45) is 17.3 Å². The Kier molecular flexibility index (Phi) is 5.97. The third-order valence-corrected chi connectivity index (χ3v) is 11.2. The molecule has 31 heavy (non-hydrogen) atoms. The van der Waals surface area contributed by atoms with Gasteiger partial charge in [-0.2, -0.15) is 0 Å². The Morgan fingerprint density at radius 3 is 2.45 bits per heavy atom. The van der Waals surface area contributed by atoms with Gasteiger partial charge in [-0.05, 0) is 109 Å². The Morgan fingerprint density at radius 1 is 0.935 bits per heavy atom. The fourth-order valence-corrected chi connectivity index (χ4v) is 9.41. The van der Waals surface area contributed by atoms with E-state index >= 15 is 0 Å². The number of benzene rings is 2. The lowest BCUT2D eigenvalue weighted by molar-refractivity contribution is -0.598. The van der Waals surface area contributed by atoms with Crippen molar-refractivity contribution in [3.8, 4) is 11.5 Å². The van der Waals surface area contributed by atoms with E-state index in [-0.39, 0.29) is 21.2 Å². The third-order valence-electron chi connectivity index (χ3n) is 8.46. The van der Waals surface area contributed by atoms with Gasteiger partial charge in [0.25, 0.3) is 0 Å². The minimum Gasteiger partial charge on any atom is -0.497 e. The molecule has 0 saturated heterocycles. The van der Waals surface area contributed by atoms with Crippen LogP contribution in [0.25, 0.3) is 0 Å². The van der Waals surface area contributed by atoms with E-state index in [4.69, 9.17) is 14.2 Å². The molecule has 2 aromatic carbocycles. The summed E-state index contributed by atoms with van der Waals surface area (Å²) in [6.07, 6.45) is 8.15. The SMILES string of the molecule is COc1ccc([I+]c2cc3c(cc2OC)CC[C@@H]2[C@@H]3CC[C@]3(C)[C@@H](OC)CC[C@@H]23)cc1. The predicted molar refractivity (Wildman–Crippen MR) is 119 cm³/mol. The smallest absolute Gasteiger partial charge is 0.362 e. The first-order valence-corrected chi connectivity index (χ1v) is 13.8. The molecule has 2 fully saturated rings. The highest BCUT2D eigenvalue weighted by Gasteiger charge is 2.55. The van der Waals surface area contributed by atoms with E-state index in [1.165, 1.54) is 51.2 Å². The van der Waals surface area contributed by atoms with Gasteiger partial charge in [-0.1, -0.05) is 6.92 Å². The van der Waals surface area contributed by atoms with E-state index in [0.29, 0.717) is 17.4 Å². The van der Waals surface area contributed by atoms with E-state index in [2.05, 4.69) is 43.3 Å². The van der Waals surface area contributed by atoms with Gasteiger partial charge >= 0.3 is 21.2 Å². The first-order chi connectivity index (χ1) is 15.1. The van der Waals surface area contributed by atoms with Gasteiger partial charge < -0.3 is 14.2 Å². The summed E-state index contributed by atoms with van der Waals surface area (Å²) in [6.45, 7) is 2.51. The summed E-state index contributed by atoms with van der Waals surface area (Å²) in [4.78, 5) is 0. The van der Waals surface area contributed by atoms with Crippen LogP contribution in [0.4, 0.5) is 0 Å². The van der Waals surface area contributed by atoms with Gasteiger partial charge in [0, 0.05) is 7.11 Å². The second-order valence-electron chi connectivity index (χ2n) is 9.70. The zero-order chi connectivity index (χ0) is 21.6. The van der Waals surface area contributed by atoms with Gasteiger partial charge in [0.2, 0.25) is 3.57 Å². The van der Waals surface area contributed by atoms with Gasteiger partial charge in [-0.3, -0.25) is 0 Å². The molecule has 3 aliphatic rings. The lowest BCUT2D eigenvalue weighted by Gasteiger charge is -2.50. The lowest BCUT2D eigenvalue weighted by atomic mass is 9.55. The van der Waals surface area contributed by atoms with Crippen molar-refractivity contribution in [1.29, 1.82) is 0 Å². The van der Waals surface area contributed by atoms with E-state index in [1.54, 1.807) is 12.7 Å². The van der Waals surface area contributed by atoms with E-state index in [1.807, 2.05) is 14.2 Å². The standard InChI is InChI=1S/C27H34IO3/c1-27-14-13-20-21(23(27)11-12-26(27)31-4)10-5-17-15-25(30-3)24(16-22(17)20)28-18-6-8-19(29-2)9-7-18/h6-9,15-16,20-21,23,26H,5,10-14H2,1-4H3/q+1/t20-,21+,23-,26-,27-/m0/s1. The van der Waals surface area contributed by atoms with Crippen LogP contribution in [0.2, 0.25) is 0 Å². The van der Waals surface area contributed by atoms with Crippen LogP contribution in [0.5, 0.6) is 11.5 Å². The number of aryl methyl sites for hydroxylation is 1. The molecule has 0 aromatic heterocycles. The molecule has 2 aromatic rings. The van der Waals surface area contributed by atoms with Gasteiger partial charge in [-0.25, -0.2) is 0 Å². The molecule has 0 bridgehead atoms. The van der Waals surface area contributed by atoms with Gasteiger partial charge in [0.15, 0.2) is 9.32 Å². The number of halogens is 1. The molecule has 0 N–H and O–H groups in total. The largest absolute Gasteiger partial charge is 0.497 e. The van der Waals surface area contributed by atoms with Crippen molar-refractivity contribution in [2.45, 2.75) is 57.5 Å². The maximum absolute atomic E-state index is 5.94. The van der Waals surface area contributed by atoms with Crippen molar-refractivity contribution in [1.82, 2.24) is 0 Å². The average molecular weight is 533 g/mol. The average Bonchev–Trinajstić information content (AvgIpc) is 3.15. The second-order valence-corrected chi connectivity index (χ2v) is 12.6. The first kappa shape index (κ1) is 21.6. The quantitative estimate of drug-likeness (QED) is 0.554. The summed E-state index contributed by atoms with van der Waals surface area (Å²) in [5.41, 5.74) is 3.53. The van der Waals surface area contributed by atoms with Gasteiger partial charge in [-0.15, -0.1) is 0 Å². The molecule has 0 heterocycles. The van der Waals surface area contributed by atoms with Crippen molar-refractivity contribution < 1.29 is 35.4 Å². The predicted octanol–water partition coefficient (Wildman–Crippen LogP) is 2.70. The highest BCUT2D eigenvalue weighted by atomic mass is 127. The Morgan fingerprint density at radius 2 is 1.74 bits per heavy atom. The van der Waals surface area contributed by atoms with E-state index < -0.39 is 0 Å². The molecule has 4 heteroatoms. The highest BCUT2D eigenvalue weighted by Crippen LogP contribution is 2.61. The van der Waals surface area contributed by atoms with Gasteiger partial charge in [0.05, 0.1) is 20.3 Å². The maximum Gasteiger partial charge on any atom is 0.362 e. The van der Waals surface area contributed by atoms with Crippen LogP contribution in [-0.4, -0.2) is 27.4 Å². The summed E-state index contributed by atoms with van der Waals surface area (Å²) < 4.78 is 20.0. The first-order valence-electron chi connectivity index (χ1n) is 11.6. The summed E-state index contributed by atoms with van der Waals surface area (Å²) in [7, 11) is 5.47. The maximum atomic E-state index is 5.94. The van der Waals surface area contributed by atoms with Crippen LogP contribution < -0.4 is 30.7 Å². The van der Waals surface area contributed by atoms with Crippen LogP contribution in [-0.2, 0) is 11.2 Å². The normalized spacial score (nSPS) is 31.5. The molecule has 0 amide bonds. The number of fused-ring (bicyclic) bond motifs is 5. The molecule has 0 radical (unpaired) electrons. The number of hydrogen-bond donors (Lipinski definition) is 0. The topological polar surface area (TPSA) is 27.7 Å². The van der Waals surface area contributed by atoms with Crippen LogP contribution in [0, 0.1) is 24.4 Å². The summed E-state index contributed by atoms with van der Waals surface area (Å²) in [5, 5.41) is 0. The van der Waals surface area contributed by atoms with Crippen molar-refractivity contribution in [3.63, 3.8) is 0 Å².